The fourth-order valence-corrected chi connectivity index (χ4v) is 2.60. The molecule has 0 aliphatic carbocycles. The summed E-state index contributed by atoms with van der Waals surface area (Å²) in [5.74, 6) is 0.466. The van der Waals surface area contributed by atoms with Crippen LogP contribution in [0, 0.1) is 12.8 Å². The summed E-state index contributed by atoms with van der Waals surface area (Å²) < 4.78 is 5.44. The highest BCUT2D eigenvalue weighted by atomic mass is 16.5. The second kappa shape index (κ2) is 8.03. The van der Waals surface area contributed by atoms with Gasteiger partial charge in [-0.15, -0.1) is 0 Å². The van der Waals surface area contributed by atoms with Gasteiger partial charge in [-0.05, 0) is 55.9 Å². The molecular formula is C17H26N2O2. The molecule has 1 saturated heterocycles. The summed E-state index contributed by atoms with van der Waals surface area (Å²) in [6.07, 6.45) is 3.32. The van der Waals surface area contributed by atoms with E-state index in [-0.39, 0.29) is 5.91 Å². The molecule has 0 radical (unpaired) electrons. The summed E-state index contributed by atoms with van der Waals surface area (Å²) in [6.45, 7) is 7.39. The van der Waals surface area contributed by atoms with Crippen LogP contribution in [0.25, 0.3) is 0 Å². The molecule has 1 heterocycles. The zero-order valence-corrected chi connectivity index (χ0v) is 13.1. The molecule has 0 spiro atoms. The Morgan fingerprint density at radius 3 is 2.95 bits per heavy atom. The van der Waals surface area contributed by atoms with E-state index in [1.54, 1.807) is 0 Å². The molecular weight excluding hydrogens is 264 g/mol. The minimum atomic E-state index is 0.0140. The van der Waals surface area contributed by atoms with Gasteiger partial charge in [-0.25, -0.2) is 0 Å². The van der Waals surface area contributed by atoms with Gasteiger partial charge in [0.05, 0.1) is 6.61 Å². The van der Waals surface area contributed by atoms with Crippen molar-refractivity contribution in [1.82, 2.24) is 5.32 Å². The third-order valence-electron chi connectivity index (χ3n) is 3.86. The van der Waals surface area contributed by atoms with E-state index >= 15 is 0 Å². The maximum atomic E-state index is 12.3. The monoisotopic (exact) mass is 290 g/mol. The van der Waals surface area contributed by atoms with Crippen molar-refractivity contribution in [3.8, 4) is 0 Å². The molecule has 1 fully saturated rings. The van der Waals surface area contributed by atoms with E-state index < -0.39 is 0 Å². The third-order valence-corrected chi connectivity index (χ3v) is 3.86. The number of benzene rings is 1. The summed E-state index contributed by atoms with van der Waals surface area (Å²) in [4.78, 5) is 12.3. The summed E-state index contributed by atoms with van der Waals surface area (Å²) in [5.41, 5.74) is 2.84. The normalized spacial score (nSPS) is 18.3. The third kappa shape index (κ3) is 4.74. The van der Waals surface area contributed by atoms with Gasteiger partial charge in [0.25, 0.3) is 5.91 Å². The van der Waals surface area contributed by atoms with Crippen molar-refractivity contribution >= 4 is 11.6 Å². The fraction of sp³-hybridized carbons (Fsp3) is 0.588. The topological polar surface area (TPSA) is 50.4 Å². The second-order valence-electron chi connectivity index (χ2n) is 5.75. The van der Waals surface area contributed by atoms with Crippen molar-refractivity contribution in [1.29, 1.82) is 0 Å². The Morgan fingerprint density at radius 1 is 1.43 bits per heavy atom. The highest BCUT2D eigenvalue weighted by molar-refractivity contribution is 5.96. The fourth-order valence-electron chi connectivity index (χ4n) is 2.60. The van der Waals surface area contributed by atoms with Crippen LogP contribution in [0.5, 0.6) is 0 Å². The first kappa shape index (κ1) is 15.8. The molecule has 2 rings (SSSR count). The van der Waals surface area contributed by atoms with E-state index in [4.69, 9.17) is 4.74 Å². The molecule has 1 aliphatic rings. The van der Waals surface area contributed by atoms with Crippen LogP contribution in [0.2, 0.25) is 0 Å². The molecule has 1 amide bonds. The predicted octanol–water partition coefficient (Wildman–Crippen LogP) is 2.97. The lowest BCUT2D eigenvalue weighted by Gasteiger charge is -2.22. The lowest BCUT2D eigenvalue weighted by atomic mass is 10.0. The van der Waals surface area contributed by atoms with Crippen molar-refractivity contribution in [2.75, 3.05) is 31.6 Å². The Labute approximate surface area is 127 Å². The Bertz CT molecular complexity index is 468. The Balaban J connectivity index is 1.89. The Kier molecular flexibility index (Phi) is 6.05. The molecule has 1 unspecified atom stereocenters. The van der Waals surface area contributed by atoms with E-state index in [1.165, 1.54) is 0 Å². The molecule has 1 atom stereocenters. The van der Waals surface area contributed by atoms with Crippen molar-refractivity contribution in [3.63, 3.8) is 0 Å². The standard InChI is InChI=1S/C17H26N2O2/c1-3-8-18-15-6-7-16(13(2)10-15)17(20)19-11-14-5-4-9-21-12-14/h6-7,10,14,18H,3-5,8-9,11-12H2,1-2H3,(H,19,20). The van der Waals surface area contributed by atoms with Crippen LogP contribution in [0.4, 0.5) is 5.69 Å². The smallest absolute Gasteiger partial charge is 0.251 e. The number of ether oxygens (including phenoxy) is 1. The average Bonchev–Trinajstić information content (AvgIpc) is 2.51. The molecule has 1 aliphatic heterocycles. The summed E-state index contributed by atoms with van der Waals surface area (Å²) in [5, 5.41) is 6.37. The lowest BCUT2D eigenvalue weighted by Crippen LogP contribution is -2.33. The van der Waals surface area contributed by atoms with Crippen molar-refractivity contribution < 1.29 is 9.53 Å². The van der Waals surface area contributed by atoms with Crippen LogP contribution < -0.4 is 10.6 Å². The molecule has 1 aromatic rings. The quantitative estimate of drug-likeness (QED) is 0.847. The Hall–Kier alpha value is -1.55. The largest absolute Gasteiger partial charge is 0.385 e. The molecule has 0 aromatic heterocycles. The lowest BCUT2D eigenvalue weighted by molar-refractivity contribution is 0.0536. The summed E-state index contributed by atoms with van der Waals surface area (Å²) in [7, 11) is 0. The number of anilines is 1. The van der Waals surface area contributed by atoms with Gasteiger partial charge in [-0.1, -0.05) is 6.92 Å². The molecule has 116 valence electrons. The molecule has 4 heteroatoms. The minimum absolute atomic E-state index is 0.0140. The number of hydrogen-bond donors (Lipinski definition) is 2. The van der Waals surface area contributed by atoms with Crippen molar-refractivity contribution in [3.05, 3.63) is 29.3 Å². The van der Waals surface area contributed by atoms with E-state index in [9.17, 15) is 4.79 Å². The van der Waals surface area contributed by atoms with Gasteiger partial charge in [0.15, 0.2) is 0 Å². The zero-order chi connectivity index (χ0) is 15.1. The van der Waals surface area contributed by atoms with E-state index in [1.807, 2.05) is 25.1 Å². The molecule has 21 heavy (non-hydrogen) atoms. The first-order valence-corrected chi connectivity index (χ1v) is 7.91. The van der Waals surface area contributed by atoms with Crippen LogP contribution in [0.3, 0.4) is 0 Å². The van der Waals surface area contributed by atoms with Crippen LogP contribution in [0.1, 0.15) is 42.1 Å². The van der Waals surface area contributed by atoms with Gasteiger partial charge < -0.3 is 15.4 Å². The second-order valence-corrected chi connectivity index (χ2v) is 5.75. The Morgan fingerprint density at radius 2 is 2.29 bits per heavy atom. The van der Waals surface area contributed by atoms with Gasteiger partial charge in [-0.2, -0.15) is 0 Å². The van der Waals surface area contributed by atoms with Gasteiger partial charge in [0, 0.05) is 30.9 Å². The van der Waals surface area contributed by atoms with Crippen molar-refractivity contribution in [2.24, 2.45) is 5.92 Å². The molecule has 2 N–H and O–H groups in total. The van der Waals surface area contributed by atoms with Crippen molar-refractivity contribution in [2.45, 2.75) is 33.1 Å². The number of aryl methyl sites for hydroxylation is 1. The van der Waals surface area contributed by atoms with Crippen LogP contribution in [0.15, 0.2) is 18.2 Å². The highest BCUT2D eigenvalue weighted by Crippen LogP contribution is 2.16. The van der Waals surface area contributed by atoms with Gasteiger partial charge in [0.2, 0.25) is 0 Å². The van der Waals surface area contributed by atoms with E-state index in [0.29, 0.717) is 12.5 Å². The number of rotatable bonds is 6. The van der Waals surface area contributed by atoms with Crippen LogP contribution >= 0.6 is 0 Å². The van der Waals surface area contributed by atoms with Gasteiger partial charge in [-0.3, -0.25) is 4.79 Å². The maximum absolute atomic E-state index is 12.3. The summed E-state index contributed by atoms with van der Waals surface area (Å²) >= 11 is 0. The number of carbonyl (C=O) groups excluding carboxylic acids is 1. The van der Waals surface area contributed by atoms with Gasteiger partial charge in [0.1, 0.15) is 0 Å². The van der Waals surface area contributed by atoms with Gasteiger partial charge >= 0.3 is 0 Å². The molecule has 0 bridgehead atoms. The number of amides is 1. The van der Waals surface area contributed by atoms with Crippen LogP contribution in [-0.4, -0.2) is 32.2 Å². The predicted molar refractivity (Wildman–Crippen MR) is 85.8 cm³/mol. The van der Waals surface area contributed by atoms with Crippen LogP contribution in [-0.2, 0) is 4.74 Å². The van der Waals surface area contributed by atoms with E-state index in [0.717, 1.165) is 55.8 Å². The summed E-state index contributed by atoms with van der Waals surface area (Å²) in [6, 6.07) is 5.91. The SMILES string of the molecule is CCCNc1ccc(C(=O)NCC2CCCOC2)c(C)c1. The number of carbonyl (C=O) groups is 1. The average molecular weight is 290 g/mol. The zero-order valence-electron chi connectivity index (χ0n) is 13.1. The first-order valence-electron chi connectivity index (χ1n) is 7.91. The maximum Gasteiger partial charge on any atom is 0.251 e. The molecule has 1 aromatic carbocycles. The van der Waals surface area contributed by atoms with E-state index in [2.05, 4.69) is 17.6 Å². The first-order chi connectivity index (χ1) is 10.2. The minimum Gasteiger partial charge on any atom is -0.385 e. The highest BCUT2D eigenvalue weighted by Gasteiger charge is 2.16. The number of hydrogen-bond acceptors (Lipinski definition) is 3. The number of nitrogens with one attached hydrogen (secondary N) is 2. The molecule has 0 saturated carbocycles. The molecule has 4 nitrogen and oxygen atoms in total.